The van der Waals surface area contributed by atoms with Crippen molar-refractivity contribution in [2.24, 2.45) is 5.92 Å². The van der Waals surface area contributed by atoms with Crippen molar-refractivity contribution >= 4 is 11.8 Å². The average molecular weight is 332 g/mol. The first-order chi connectivity index (χ1) is 11.3. The lowest BCUT2D eigenvalue weighted by Gasteiger charge is -2.35. The highest BCUT2D eigenvalue weighted by atomic mass is 16.5. The third-order valence-corrected chi connectivity index (χ3v) is 4.56. The molecular formula is C19H28N2O3. The van der Waals surface area contributed by atoms with Crippen LogP contribution in [0.4, 0.5) is 0 Å². The largest absolute Gasteiger partial charge is 0.496 e. The maximum atomic E-state index is 12.7. The number of nitrogens with zero attached hydrogens (tertiary/aromatic N) is 2. The molecule has 1 heterocycles. The SMILES string of the molecule is COc1cc(C)cc(C)c1CC(=O)N1CCN(C(=O)C(C)C)CC1. The van der Waals surface area contributed by atoms with Crippen LogP contribution in [0, 0.1) is 19.8 Å². The molecule has 24 heavy (non-hydrogen) atoms. The molecule has 0 aromatic heterocycles. The molecular weight excluding hydrogens is 304 g/mol. The minimum Gasteiger partial charge on any atom is -0.496 e. The second kappa shape index (κ2) is 7.69. The summed E-state index contributed by atoms with van der Waals surface area (Å²) in [6.45, 7) is 10.3. The number of ether oxygens (including phenoxy) is 1. The van der Waals surface area contributed by atoms with Crippen LogP contribution >= 0.6 is 0 Å². The summed E-state index contributed by atoms with van der Waals surface area (Å²) in [6, 6.07) is 4.04. The highest BCUT2D eigenvalue weighted by Gasteiger charge is 2.26. The van der Waals surface area contributed by atoms with Gasteiger partial charge in [-0.1, -0.05) is 19.9 Å². The van der Waals surface area contributed by atoms with Gasteiger partial charge in [0.2, 0.25) is 11.8 Å². The number of hydrogen-bond acceptors (Lipinski definition) is 3. The lowest BCUT2D eigenvalue weighted by atomic mass is 10.0. The third kappa shape index (κ3) is 4.08. The van der Waals surface area contributed by atoms with Gasteiger partial charge < -0.3 is 14.5 Å². The molecule has 132 valence electrons. The van der Waals surface area contributed by atoms with Crippen molar-refractivity contribution in [3.8, 4) is 5.75 Å². The van der Waals surface area contributed by atoms with E-state index in [1.54, 1.807) is 7.11 Å². The zero-order valence-electron chi connectivity index (χ0n) is 15.4. The van der Waals surface area contributed by atoms with Gasteiger partial charge in [-0.2, -0.15) is 0 Å². The van der Waals surface area contributed by atoms with E-state index in [0.29, 0.717) is 32.6 Å². The molecule has 1 aliphatic heterocycles. The quantitative estimate of drug-likeness (QED) is 0.849. The molecule has 0 radical (unpaired) electrons. The second-order valence-electron chi connectivity index (χ2n) is 6.80. The standard InChI is InChI=1S/C19H28N2O3/c1-13(2)19(23)21-8-6-20(7-9-21)18(22)12-16-15(4)10-14(3)11-17(16)24-5/h10-11,13H,6-9,12H2,1-5H3. The minimum absolute atomic E-state index is 0.00622. The molecule has 1 aromatic rings. The summed E-state index contributed by atoms with van der Waals surface area (Å²) in [5.74, 6) is 1.04. The van der Waals surface area contributed by atoms with Gasteiger partial charge >= 0.3 is 0 Å². The van der Waals surface area contributed by atoms with Crippen LogP contribution < -0.4 is 4.74 Å². The van der Waals surface area contributed by atoms with Gasteiger partial charge in [0.05, 0.1) is 13.5 Å². The molecule has 1 aromatic carbocycles. The van der Waals surface area contributed by atoms with Crippen LogP contribution in [0.25, 0.3) is 0 Å². The fraction of sp³-hybridized carbons (Fsp3) is 0.579. The highest BCUT2D eigenvalue weighted by Crippen LogP contribution is 2.25. The number of methoxy groups -OCH3 is 1. The molecule has 0 saturated carbocycles. The molecule has 1 fully saturated rings. The van der Waals surface area contributed by atoms with Gasteiger partial charge in [0.25, 0.3) is 0 Å². The van der Waals surface area contributed by atoms with Gasteiger partial charge in [-0.3, -0.25) is 9.59 Å². The Bertz CT molecular complexity index is 617. The number of carbonyl (C=O) groups is 2. The summed E-state index contributed by atoms with van der Waals surface area (Å²) in [4.78, 5) is 28.4. The lowest BCUT2D eigenvalue weighted by molar-refractivity contribution is -0.141. The monoisotopic (exact) mass is 332 g/mol. The van der Waals surface area contributed by atoms with E-state index in [0.717, 1.165) is 22.4 Å². The predicted molar refractivity (Wildman–Crippen MR) is 94.2 cm³/mol. The van der Waals surface area contributed by atoms with Gasteiger partial charge in [-0.25, -0.2) is 0 Å². The summed E-state index contributed by atoms with van der Waals surface area (Å²) in [5, 5.41) is 0. The Kier molecular flexibility index (Phi) is 5.86. The predicted octanol–water partition coefficient (Wildman–Crippen LogP) is 2.18. The first-order valence-electron chi connectivity index (χ1n) is 8.54. The normalized spacial score (nSPS) is 14.9. The van der Waals surface area contributed by atoms with Gasteiger partial charge in [-0.15, -0.1) is 0 Å². The lowest BCUT2D eigenvalue weighted by Crippen LogP contribution is -2.51. The summed E-state index contributed by atoms with van der Waals surface area (Å²) < 4.78 is 5.45. The number of piperazine rings is 1. The van der Waals surface area contributed by atoms with E-state index in [-0.39, 0.29) is 17.7 Å². The van der Waals surface area contributed by atoms with Gasteiger partial charge in [-0.05, 0) is 31.0 Å². The van der Waals surface area contributed by atoms with Crippen LogP contribution in [0.15, 0.2) is 12.1 Å². The van der Waals surface area contributed by atoms with E-state index in [9.17, 15) is 9.59 Å². The first-order valence-corrected chi connectivity index (χ1v) is 8.54. The van der Waals surface area contributed by atoms with E-state index < -0.39 is 0 Å². The van der Waals surface area contributed by atoms with Crippen molar-refractivity contribution in [3.05, 3.63) is 28.8 Å². The zero-order chi connectivity index (χ0) is 17.9. The Morgan fingerprint density at radius 1 is 1.08 bits per heavy atom. The van der Waals surface area contributed by atoms with Crippen molar-refractivity contribution in [1.29, 1.82) is 0 Å². The topological polar surface area (TPSA) is 49.9 Å². The second-order valence-corrected chi connectivity index (χ2v) is 6.80. The molecule has 0 atom stereocenters. The maximum Gasteiger partial charge on any atom is 0.227 e. The fourth-order valence-corrected chi connectivity index (χ4v) is 3.17. The molecule has 0 bridgehead atoms. The number of aryl methyl sites for hydroxylation is 2. The Labute approximate surface area is 144 Å². The van der Waals surface area contributed by atoms with Crippen LogP contribution in [0.1, 0.15) is 30.5 Å². The Balaban J connectivity index is 2.01. The zero-order valence-corrected chi connectivity index (χ0v) is 15.4. The van der Waals surface area contributed by atoms with E-state index in [4.69, 9.17) is 4.74 Å². The molecule has 1 aliphatic rings. The molecule has 0 N–H and O–H groups in total. The summed E-state index contributed by atoms with van der Waals surface area (Å²) in [5.41, 5.74) is 3.16. The van der Waals surface area contributed by atoms with E-state index in [1.807, 2.05) is 43.6 Å². The molecule has 0 unspecified atom stereocenters. The highest BCUT2D eigenvalue weighted by molar-refractivity contribution is 5.81. The van der Waals surface area contributed by atoms with Crippen LogP contribution in [0.3, 0.4) is 0 Å². The number of rotatable bonds is 4. The molecule has 5 heteroatoms. The molecule has 1 saturated heterocycles. The van der Waals surface area contributed by atoms with E-state index >= 15 is 0 Å². The van der Waals surface area contributed by atoms with Crippen molar-refractivity contribution in [2.45, 2.75) is 34.1 Å². The third-order valence-electron chi connectivity index (χ3n) is 4.56. The molecule has 5 nitrogen and oxygen atoms in total. The van der Waals surface area contributed by atoms with Crippen LogP contribution in [-0.2, 0) is 16.0 Å². The molecule has 0 spiro atoms. The first kappa shape index (κ1) is 18.3. The molecule has 0 aliphatic carbocycles. The minimum atomic E-state index is 0.00622. The number of amides is 2. The van der Waals surface area contributed by atoms with Crippen LogP contribution in [0.5, 0.6) is 5.75 Å². The van der Waals surface area contributed by atoms with Crippen molar-refractivity contribution < 1.29 is 14.3 Å². The molecule has 2 amide bonds. The van der Waals surface area contributed by atoms with Crippen LogP contribution in [-0.4, -0.2) is 54.9 Å². The number of carbonyl (C=O) groups excluding carboxylic acids is 2. The Morgan fingerprint density at radius 3 is 2.21 bits per heavy atom. The smallest absolute Gasteiger partial charge is 0.227 e. The summed E-state index contributed by atoms with van der Waals surface area (Å²) in [7, 11) is 1.64. The average Bonchev–Trinajstić information content (AvgIpc) is 2.56. The molecule has 2 rings (SSSR count). The maximum absolute atomic E-state index is 12.7. The summed E-state index contributed by atoms with van der Waals surface area (Å²) in [6.07, 6.45) is 0.341. The summed E-state index contributed by atoms with van der Waals surface area (Å²) >= 11 is 0. The Hall–Kier alpha value is -2.04. The van der Waals surface area contributed by atoms with E-state index in [1.165, 1.54) is 0 Å². The number of benzene rings is 1. The van der Waals surface area contributed by atoms with Crippen LogP contribution in [0.2, 0.25) is 0 Å². The van der Waals surface area contributed by atoms with E-state index in [2.05, 4.69) is 6.07 Å². The number of hydrogen-bond donors (Lipinski definition) is 0. The van der Waals surface area contributed by atoms with Crippen molar-refractivity contribution in [3.63, 3.8) is 0 Å². The van der Waals surface area contributed by atoms with Crippen molar-refractivity contribution in [2.75, 3.05) is 33.3 Å². The Morgan fingerprint density at radius 2 is 1.67 bits per heavy atom. The van der Waals surface area contributed by atoms with Crippen molar-refractivity contribution in [1.82, 2.24) is 9.80 Å². The fourth-order valence-electron chi connectivity index (χ4n) is 3.17. The van der Waals surface area contributed by atoms with Gasteiger partial charge in [0, 0.05) is 37.7 Å². The van der Waals surface area contributed by atoms with Gasteiger partial charge in [0.15, 0.2) is 0 Å². The van der Waals surface area contributed by atoms with Gasteiger partial charge in [0.1, 0.15) is 5.75 Å².